The maximum atomic E-state index is 15.3. The molecule has 0 aliphatic heterocycles. The normalized spacial score (nSPS) is 12.4. The number of nitrogens with one attached hydrogen (secondary N) is 2. The first-order chi connectivity index (χ1) is 17.2. The molecule has 196 valence electrons. The summed E-state index contributed by atoms with van der Waals surface area (Å²) in [5, 5.41) is 13.3. The molecule has 0 aliphatic carbocycles. The number of hydrogen-bond donors (Lipinski definition) is 3. The number of halogens is 2. The number of aliphatic hydroxyl groups is 1. The molecule has 0 spiro atoms. The molecule has 4 aromatic rings. The van der Waals surface area contributed by atoms with Crippen LogP contribution in [0.5, 0.6) is 11.6 Å². The summed E-state index contributed by atoms with van der Waals surface area (Å²) in [7, 11) is 1.53. The van der Waals surface area contributed by atoms with E-state index in [9.17, 15) is 14.7 Å². The zero-order valence-electron chi connectivity index (χ0n) is 21.3. The van der Waals surface area contributed by atoms with Crippen molar-refractivity contribution in [3.05, 3.63) is 63.1 Å². The van der Waals surface area contributed by atoms with E-state index in [-0.39, 0.29) is 34.4 Å². The molecule has 11 heteroatoms. The second-order valence-corrected chi connectivity index (χ2v) is 10.8. The first-order valence-electron chi connectivity index (χ1n) is 11.6. The van der Waals surface area contributed by atoms with Crippen molar-refractivity contribution in [1.82, 2.24) is 19.9 Å². The lowest BCUT2D eigenvalue weighted by Gasteiger charge is -2.27. The topological polar surface area (TPSA) is 109 Å². The van der Waals surface area contributed by atoms with Crippen LogP contribution in [0.25, 0.3) is 21.3 Å². The third kappa shape index (κ3) is 4.88. The van der Waals surface area contributed by atoms with Gasteiger partial charge in [0, 0.05) is 48.1 Å². The third-order valence-electron chi connectivity index (χ3n) is 5.82. The number of thiophene rings is 1. The highest BCUT2D eigenvalue weighted by Gasteiger charge is 2.49. The average Bonchev–Trinajstić information content (AvgIpc) is 3.42. The number of H-pyrrole nitrogens is 1. The van der Waals surface area contributed by atoms with Crippen LogP contribution in [0.15, 0.2) is 41.5 Å². The number of carbonyl (C=O) groups excluding carboxylic acids is 1. The van der Waals surface area contributed by atoms with Crippen LogP contribution in [-0.4, -0.2) is 37.2 Å². The number of carbonyl (C=O) groups is 1. The monoisotopic (exact) mass is 530 g/mol. The highest BCUT2D eigenvalue weighted by Crippen LogP contribution is 2.50. The van der Waals surface area contributed by atoms with Crippen LogP contribution >= 0.6 is 11.3 Å². The lowest BCUT2D eigenvalue weighted by Crippen LogP contribution is -2.39. The van der Waals surface area contributed by atoms with Gasteiger partial charge in [0.05, 0.1) is 9.75 Å². The second kappa shape index (κ2) is 9.38. The Hall–Kier alpha value is -3.57. The molecule has 0 atom stereocenters. The van der Waals surface area contributed by atoms with Crippen molar-refractivity contribution < 1.29 is 23.4 Å². The van der Waals surface area contributed by atoms with Gasteiger partial charge in [0.2, 0.25) is 5.88 Å². The molecular weight excluding hydrogens is 502 g/mol. The summed E-state index contributed by atoms with van der Waals surface area (Å²) in [5.74, 6) is -3.69. The van der Waals surface area contributed by atoms with E-state index in [1.54, 1.807) is 19.1 Å². The van der Waals surface area contributed by atoms with Crippen LogP contribution in [0.3, 0.4) is 0 Å². The molecule has 1 amide bonds. The zero-order valence-corrected chi connectivity index (χ0v) is 22.1. The van der Waals surface area contributed by atoms with Gasteiger partial charge in [-0.1, -0.05) is 6.07 Å². The smallest absolute Gasteiger partial charge is 0.309 e. The Kier molecular flexibility index (Phi) is 6.72. The van der Waals surface area contributed by atoms with Crippen LogP contribution in [0.2, 0.25) is 0 Å². The molecular formula is C26H28F2N4O4S. The zero-order chi connectivity index (χ0) is 27.3. The Balaban J connectivity index is 1.97. The van der Waals surface area contributed by atoms with Crippen molar-refractivity contribution in [3.63, 3.8) is 0 Å². The summed E-state index contributed by atoms with van der Waals surface area (Å²) in [6.45, 7) is 7.46. The van der Waals surface area contributed by atoms with E-state index in [0.717, 1.165) is 25.2 Å². The number of rotatable bonds is 7. The second-order valence-electron chi connectivity index (χ2n) is 9.72. The van der Waals surface area contributed by atoms with Gasteiger partial charge < -0.3 is 24.7 Å². The standard InChI is InChI=1S/C26H28F2N4O4S/c1-13(2)30-22(33)17-10-15-16(12-32(6)24(34)20(15)31-17)21-18(36-23-14(3)8-7-9-29-23)11-19(37-21)26(27,28)25(4,5)35/h7-13,31,35H,1-6H3,(H,30,33). The van der Waals surface area contributed by atoms with E-state index in [1.165, 1.54) is 36.1 Å². The molecule has 0 aliphatic rings. The Labute approximate surface area is 215 Å². The molecule has 0 bridgehead atoms. The van der Waals surface area contributed by atoms with E-state index in [2.05, 4.69) is 15.3 Å². The van der Waals surface area contributed by atoms with Crippen molar-refractivity contribution >= 4 is 28.1 Å². The fourth-order valence-corrected chi connectivity index (χ4v) is 4.99. The number of nitrogens with zero attached hydrogens (tertiary/aromatic N) is 2. The predicted octanol–water partition coefficient (Wildman–Crippen LogP) is 5.09. The Morgan fingerprint density at radius 3 is 2.62 bits per heavy atom. The molecule has 0 radical (unpaired) electrons. The summed E-state index contributed by atoms with van der Waals surface area (Å²) >= 11 is 0.737. The molecule has 0 fully saturated rings. The number of aromatic amines is 1. The van der Waals surface area contributed by atoms with Gasteiger partial charge in [-0.05, 0) is 46.8 Å². The predicted molar refractivity (Wildman–Crippen MR) is 139 cm³/mol. The van der Waals surface area contributed by atoms with Crippen molar-refractivity contribution in [2.45, 2.75) is 52.2 Å². The SMILES string of the molecule is Cc1cccnc1Oc1cc(C(F)(F)C(C)(C)O)sc1-c1cn(C)c(=O)c2[nH]c(C(=O)NC(C)C)cc12. The highest BCUT2D eigenvalue weighted by molar-refractivity contribution is 7.16. The van der Waals surface area contributed by atoms with Gasteiger partial charge in [-0.2, -0.15) is 8.78 Å². The van der Waals surface area contributed by atoms with Crippen LogP contribution in [0.4, 0.5) is 8.78 Å². The number of aryl methyl sites for hydroxylation is 2. The Morgan fingerprint density at radius 1 is 1.30 bits per heavy atom. The number of ether oxygens (including phenoxy) is 1. The maximum Gasteiger partial charge on any atom is 0.309 e. The van der Waals surface area contributed by atoms with Crippen molar-refractivity contribution in [2.75, 3.05) is 0 Å². The van der Waals surface area contributed by atoms with E-state index in [0.29, 0.717) is 21.4 Å². The highest BCUT2D eigenvalue weighted by atomic mass is 32.1. The minimum Gasteiger partial charge on any atom is -0.437 e. The van der Waals surface area contributed by atoms with Crippen LogP contribution in [0.1, 0.15) is 48.6 Å². The number of fused-ring (bicyclic) bond motifs is 1. The van der Waals surface area contributed by atoms with Crippen molar-refractivity contribution in [1.29, 1.82) is 0 Å². The van der Waals surface area contributed by atoms with Crippen LogP contribution in [-0.2, 0) is 13.0 Å². The van der Waals surface area contributed by atoms with Gasteiger partial charge in [0.1, 0.15) is 22.6 Å². The fraction of sp³-hybridized carbons (Fsp3) is 0.346. The minimum atomic E-state index is -3.60. The minimum absolute atomic E-state index is 0.0834. The molecule has 0 saturated heterocycles. The lowest BCUT2D eigenvalue weighted by atomic mass is 9.99. The third-order valence-corrected chi connectivity index (χ3v) is 7.04. The lowest BCUT2D eigenvalue weighted by molar-refractivity contribution is -0.166. The van der Waals surface area contributed by atoms with Crippen molar-refractivity contribution in [2.24, 2.45) is 7.05 Å². The molecule has 0 unspecified atom stereocenters. The number of aromatic nitrogens is 3. The van der Waals surface area contributed by atoms with E-state index in [4.69, 9.17) is 4.74 Å². The number of amides is 1. The van der Waals surface area contributed by atoms with E-state index < -0.39 is 22.3 Å². The summed E-state index contributed by atoms with van der Waals surface area (Å²) in [5.41, 5.74) is -1.32. The number of hydrogen-bond acceptors (Lipinski definition) is 6. The van der Waals surface area contributed by atoms with Crippen molar-refractivity contribution in [3.8, 4) is 22.1 Å². The average molecular weight is 531 g/mol. The fourth-order valence-electron chi connectivity index (χ4n) is 3.75. The molecule has 8 nitrogen and oxygen atoms in total. The number of pyridine rings is 2. The van der Waals surface area contributed by atoms with E-state index >= 15 is 8.78 Å². The molecule has 0 saturated carbocycles. The van der Waals surface area contributed by atoms with Gasteiger partial charge in [-0.3, -0.25) is 9.59 Å². The maximum absolute atomic E-state index is 15.3. The van der Waals surface area contributed by atoms with Gasteiger partial charge in [0.25, 0.3) is 11.5 Å². The molecule has 37 heavy (non-hydrogen) atoms. The molecule has 4 rings (SSSR count). The first-order valence-corrected chi connectivity index (χ1v) is 12.4. The summed E-state index contributed by atoms with van der Waals surface area (Å²) in [4.78, 5) is 32.5. The van der Waals surface area contributed by atoms with Gasteiger partial charge in [-0.25, -0.2) is 4.98 Å². The van der Waals surface area contributed by atoms with Crippen LogP contribution < -0.4 is 15.6 Å². The molecule has 4 aromatic heterocycles. The first kappa shape index (κ1) is 26.5. The summed E-state index contributed by atoms with van der Waals surface area (Å²) in [6, 6.07) is 6.07. The molecule has 3 N–H and O–H groups in total. The molecule has 4 heterocycles. The van der Waals surface area contributed by atoms with Gasteiger partial charge in [-0.15, -0.1) is 11.3 Å². The molecule has 0 aromatic carbocycles. The summed E-state index contributed by atoms with van der Waals surface area (Å²) in [6.07, 6.45) is 3.04. The van der Waals surface area contributed by atoms with Gasteiger partial charge >= 0.3 is 5.92 Å². The quantitative estimate of drug-likeness (QED) is 0.308. The largest absolute Gasteiger partial charge is 0.437 e. The number of alkyl halides is 2. The summed E-state index contributed by atoms with van der Waals surface area (Å²) < 4.78 is 37.8. The van der Waals surface area contributed by atoms with E-state index in [1.807, 2.05) is 13.8 Å². The Bertz CT molecular complexity index is 1550. The Morgan fingerprint density at radius 2 is 2.00 bits per heavy atom. The van der Waals surface area contributed by atoms with Crippen LogP contribution in [0, 0.1) is 6.92 Å². The van der Waals surface area contributed by atoms with Gasteiger partial charge in [0.15, 0.2) is 0 Å².